The van der Waals surface area contributed by atoms with E-state index < -0.39 is 27.9 Å². The Kier molecular flexibility index (Phi) is 6.68. The Balaban J connectivity index is 1.73. The Morgan fingerprint density at radius 3 is 2.44 bits per heavy atom. The third-order valence-corrected chi connectivity index (χ3v) is 7.39. The lowest BCUT2D eigenvalue weighted by atomic mass is 10.1. The monoisotopic (exact) mass is 457 g/mol. The molecule has 170 valence electrons. The van der Waals surface area contributed by atoms with Crippen LogP contribution in [0.2, 0.25) is 0 Å². The molecule has 3 amide bonds. The maximum absolute atomic E-state index is 12.7. The normalized spacial score (nSPS) is 15.4. The number of fused-ring (bicyclic) bond motifs is 1. The Hall–Kier alpha value is -3.20. The fraction of sp³-hybridized carbons (Fsp3) is 0.348. The average Bonchev–Trinajstić information content (AvgIpc) is 2.96. The fourth-order valence-corrected chi connectivity index (χ4v) is 5.19. The highest BCUT2D eigenvalue weighted by atomic mass is 32.2. The van der Waals surface area contributed by atoms with Gasteiger partial charge in [-0.2, -0.15) is 0 Å². The van der Waals surface area contributed by atoms with E-state index in [0.29, 0.717) is 5.69 Å². The van der Waals surface area contributed by atoms with E-state index in [1.54, 1.807) is 32.0 Å². The van der Waals surface area contributed by atoms with Crippen LogP contribution in [0.1, 0.15) is 60.4 Å². The van der Waals surface area contributed by atoms with Gasteiger partial charge in [0.2, 0.25) is 5.91 Å². The Bertz CT molecular complexity index is 1170. The van der Waals surface area contributed by atoms with E-state index in [1.165, 1.54) is 18.2 Å². The van der Waals surface area contributed by atoms with E-state index >= 15 is 0 Å². The van der Waals surface area contributed by atoms with Crippen LogP contribution in [0.5, 0.6) is 0 Å². The SMILES string of the molecule is CCC(C)C(=O)Nc1cccc(CNC(=O)c2ccc3c(c2)S(=O)(=O)N(C(C)C)C3=O)c1. The Morgan fingerprint density at radius 1 is 1.06 bits per heavy atom. The van der Waals surface area contributed by atoms with Gasteiger partial charge in [0.25, 0.3) is 21.8 Å². The van der Waals surface area contributed by atoms with Gasteiger partial charge in [-0.3, -0.25) is 14.4 Å². The molecule has 0 aliphatic carbocycles. The minimum atomic E-state index is -3.98. The molecular formula is C23H27N3O5S. The van der Waals surface area contributed by atoms with E-state index in [1.807, 2.05) is 19.9 Å². The van der Waals surface area contributed by atoms with Crippen molar-refractivity contribution in [1.82, 2.24) is 9.62 Å². The summed E-state index contributed by atoms with van der Waals surface area (Å²) in [6.07, 6.45) is 0.735. The third kappa shape index (κ3) is 4.52. The van der Waals surface area contributed by atoms with Crippen LogP contribution in [0.4, 0.5) is 5.69 Å². The van der Waals surface area contributed by atoms with Crippen molar-refractivity contribution in [2.24, 2.45) is 5.92 Å². The molecule has 0 fully saturated rings. The van der Waals surface area contributed by atoms with Crippen LogP contribution >= 0.6 is 0 Å². The molecule has 1 atom stereocenters. The molecule has 1 heterocycles. The van der Waals surface area contributed by atoms with Crippen LogP contribution in [-0.4, -0.2) is 36.5 Å². The summed E-state index contributed by atoms with van der Waals surface area (Å²) in [5.74, 6) is -1.23. The number of hydrogen-bond donors (Lipinski definition) is 2. The topological polar surface area (TPSA) is 113 Å². The maximum Gasteiger partial charge on any atom is 0.269 e. The van der Waals surface area contributed by atoms with Gasteiger partial charge in [-0.05, 0) is 56.2 Å². The molecule has 3 rings (SSSR count). The summed E-state index contributed by atoms with van der Waals surface area (Å²) in [7, 11) is -3.98. The van der Waals surface area contributed by atoms with Crippen molar-refractivity contribution in [2.45, 2.75) is 51.6 Å². The summed E-state index contributed by atoms with van der Waals surface area (Å²) in [4.78, 5) is 37.0. The molecule has 0 radical (unpaired) electrons. The van der Waals surface area contributed by atoms with Crippen molar-refractivity contribution in [3.8, 4) is 0 Å². The van der Waals surface area contributed by atoms with Gasteiger partial charge < -0.3 is 10.6 Å². The summed E-state index contributed by atoms with van der Waals surface area (Å²) >= 11 is 0. The molecular weight excluding hydrogens is 430 g/mol. The van der Waals surface area contributed by atoms with Gasteiger partial charge in [-0.1, -0.05) is 26.0 Å². The molecule has 2 N–H and O–H groups in total. The van der Waals surface area contributed by atoms with Crippen LogP contribution in [-0.2, 0) is 21.4 Å². The largest absolute Gasteiger partial charge is 0.348 e. The second-order valence-corrected chi connectivity index (χ2v) is 9.88. The average molecular weight is 458 g/mol. The highest BCUT2D eigenvalue weighted by molar-refractivity contribution is 7.90. The van der Waals surface area contributed by atoms with E-state index in [0.717, 1.165) is 16.3 Å². The fourth-order valence-electron chi connectivity index (χ4n) is 3.39. The molecule has 2 aromatic rings. The van der Waals surface area contributed by atoms with Crippen molar-refractivity contribution >= 4 is 33.4 Å². The lowest BCUT2D eigenvalue weighted by Gasteiger charge is -2.18. The molecule has 0 spiro atoms. The van der Waals surface area contributed by atoms with Gasteiger partial charge in [0.1, 0.15) is 4.90 Å². The number of nitrogens with zero attached hydrogens (tertiary/aromatic N) is 1. The minimum absolute atomic E-state index is 0.0694. The second-order valence-electron chi connectivity index (χ2n) is 8.09. The molecule has 2 aromatic carbocycles. The molecule has 1 aliphatic heterocycles. The van der Waals surface area contributed by atoms with Crippen molar-refractivity contribution in [3.05, 3.63) is 59.2 Å². The van der Waals surface area contributed by atoms with E-state index in [9.17, 15) is 22.8 Å². The van der Waals surface area contributed by atoms with Gasteiger partial charge in [0.15, 0.2) is 0 Å². The summed E-state index contributed by atoms with van der Waals surface area (Å²) in [5, 5.41) is 5.60. The maximum atomic E-state index is 12.7. The van der Waals surface area contributed by atoms with Crippen molar-refractivity contribution in [2.75, 3.05) is 5.32 Å². The molecule has 0 bridgehead atoms. The van der Waals surface area contributed by atoms with Crippen LogP contribution in [0.3, 0.4) is 0 Å². The molecule has 0 saturated heterocycles. The molecule has 32 heavy (non-hydrogen) atoms. The first-order chi connectivity index (χ1) is 15.1. The smallest absolute Gasteiger partial charge is 0.269 e. The summed E-state index contributed by atoms with van der Waals surface area (Å²) < 4.78 is 26.3. The predicted octanol–water partition coefficient (Wildman–Crippen LogP) is 3.15. The van der Waals surface area contributed by atoms with Crippen LogP contribution < -0.4 is 10.6 Å². The Labute approximate surface area is 188 Å². The van der Waals surface area contributed by atoms with Gasteiger partial charge >= 0.3 is 0 Å². The summed E-state index contributed by atoms with van der Waals surface area (Å²) in [6, 6.07) is 10.7. The second kappa shape index (κ2) is 9.12. The summed E-state index contributed by atoms with van der Waals surface area (Å²) in [6.45, 7) is 7.22. The standard InChI is InChI=1S/C23H27N3O5S/c1-5-15(4)21(27)25-18-8-6-7-16(11-18)13-24-22(28)17-9-10-19-20(12-17)32(30,31)26(14(2)3)23(19)29/h6-12,14-15H,5,13H2,1-4H3,(H,24,28)(H,25,27). The third-order valence-electron chi connectivity index (χ3n) is 5.39. The zero-order chi connectivity index (χ0) is 23.6. The number of anilines is 1. The first kappa shape index (κ1) is 23.5. The number of benzene rings is 2. The molecule has 0 aromatic heterocycles. The zero-order valence-corrected chi connectivity index (χ0v) is 19.3. The van der Waals surface area contributed by atoms with Gasteiger partial charge in [0.05, 0.1) is 5.56 Å². The molecule has 1 unspecified atom stereocenters. The quantitative estimate of drug-likeness (QED) is 0.663. The number of carbonyl (C=O) groups is 3. The van der Waals surface area contributed by atoms with Crippen molar-refractivity contribution in [3.63, 3.8) is 0 Å². The number of amides is 3. The molecule has 1 aliphatic rings. The summed E-state index contributed by atoms with van der Waals surface area (Å²) in [5.41, 5.74) is 1.63. The Morgan fingerprint density at radius 2 is 1.78 bits per heavy atom. The minimum Gasteiger partial charge on any atom is -0.348 e. The zero-order valence-electron chi connectivity index (χ0n) is 18.5. The van der Waals surface area contributed by atoms with Gasteiger partial charge in [-0.15, -0.1) is 0 Å². The number of carbonyl (C=O) groups excluding carboxylic acids is 3. The van der Waals surface area contributed by atoms with Gasteiger partial charge in [0, 0.05) is 29.8 Å². The van der Waals surface area contributed by atoms with Crippen LogP contribution in [0.15, 0.2) is 47.4 Å². The predicted molar refractivity (Wildman–Crippen MR) is 121 cm³/mol. The lowest BCUT2D eigenvalue weighted by Crippen LogP contribution is -2.36. The van der Waals surface area contributed by atoms with Crippen LogP contribution in [0, 0.1) is 5.92 Å². The number of rotatable bonds is 7. The van der Waals surface area contributed by atoms with Crippen molar-refractivity contribution < 1.29 is 22.8 Å². The van der Waals surface area contributed by atoms with E-state index in [4.69, 9.17) is 0 Å². The first-order valence-corrected chi connectivity index (χ1v) is 11.9. The molecule has 9 heteroatoms. The number of sulfonamides is 1. The molecule has 8 nitrogen and oxygen atoms in total. The van der Waals surface area contributed by atoms with Gasteiger partial charge in [-0.25, -0.2) is 12.7 Å². The molecule has 0 saturated carbocycles. The highest BCUT2D eigenvalue weighted by Gasteiger charge is 2.42. The highest BCUT2D eigenvalue weighted by Crippen LogP contribution is 2.32. The van der Waals surface area contributed by atoms with E-state index in [-0.39, 0.29) is 34.4 Å². The number of nitrogens with one attached hydrogen (secondary N) is 2. The van der Waals surface area contributed by atoms with E-state index in [2.05, 4.69) is 10.6 Å². The number of hydrogen-bond acceptors (Lipinski definition) is 5. The lowest BCUT2D eigenvalue weighted by molar-refractivity contribution is -0.119. The van der Waals surface area contributed by atoms with Crippen molar-refractivity contribution in [1.29, 1.82) is 0 Å². The first-order valence-electron chi connectivity index (χ1n) is 10.5. The van der Waals surface area contributed by atoms with Crippen LogP contribution in [0.25, 0.3) is 0 Å².